The van der Waals surface area contributed by atoms with Crippen LogP contribution in [0.1, 0.15) is 22.8 Å². The Hall–Kier alpha value is -1.88. The van der Waals surface area contributed by atoms with Crippen LogP contribution in [0.2, 0.25) is 0 Å². The number of hydrogen-bond donors (Lipinski definition) is 1. The third-order valence-corrected chi connectivity index (χ3v) is 3.67. The van der Waals surface area contributed by atoms with Crippen LogP contribution in [0.25, 0.3) is 0 Å². The van der Waals surface area contributed by atoms with Gasteiger partial charge in [0.05, 0.1) is 0 Å². The average Bonchev–Trinajstić information content (AvgIpc) is 2.41. The van der Waals surface area contributed by atoms with Crippen LogP contribution in [-0.2, 0) is 13.5 Å². The fraction of sp³-hybridized carbons (Fsp3) is 0.250. The van der Waals surface area contributed by atoms with Crippen molar-refractivity contribution >= 4 is 21.8 Å². The molecule has 0 saturated heterocycles. The molecule has 0 bridgehead atoms. The minimum absolute atomic E-state index is 0.0177. The number of carbonyl (C=O) groups is 1. The number of carbonyl (C=O) groups excluding carboxylic acids is 1. The molecule has 4 nitrogen and oxygen atoms in total. The van der Waals surface area contributed by atoms with Gasteiger partial charge in [-0.3, -0.25) is 9.59 Å². The highest BCUT2D eigenvalue weighted by atomic mass is 79.9. The highest BCUT2D eigenvalue weighted by Gasteiger charge is 2.11. The smallest absolute Gasteiger partial charge is 0.251 e. The third kappa shape index (κ3) is 4.29. The van der Waals surface area contributed by atoms with Crippen LogP contribution in [-0.4, -0.2) is 16.5 Å². The van der Waals surface area contributed by atoms with E-state index in [1.54, 1.807) is 19.3 Å². The SMILES string of the molecule is C[C@@H](Cc1cccc(Br)c1)NC(=O)c1ccn(C)c(=O)c1. The molecule has 0 radical (unpaired) electrons. The van der Waals surface area contributed by atoms with Crippen molar-refractivity contribution in [3.63, 3.8) is 0 Å². The van der Waals surface area contributed by atoms with E-state index in [9.17, 15) is 9.59 Å². The molecule has 0 fully saturated rings. The van der Waals surface area contributed by atoms with Crippen molar-refractivity contribution in [1.82, 2.24) is 9.88 Å². The van der Waals surface area contributed by atoms with Crippen LogP contribution in [0.15, 0.2) is 51.9 Å². The van der Waals surface area contributed by atoms with Gasteiger partial charge >= 0.3 is 0 Å². The van der Waals surface area contributed by atoms with Gasteiger partial charge in [-0.05, 0) is 37.1 Å². The van der Waals surface area contributed by atoms with Gasteiger partial charge in [0.25, 0.3) is 11.5 Å². The molecule has 0 aliphatic heterocycles. The normalized spacial score (nSPS) is 12.0. The lowest BCUT2D eigenvalue weighted by molar-refractivity contribution is 0.0940. The lowest BCUT2D eigenvalue weighted by Gasteiger charge is -2.14. The minimum Gasteiger partial charge on any atom is -0.349 e. The lowest BCUT2D eigenvalue weighted by atomic mass is 10.1. The highest BCUT2D eigenvalue weighted by Crippen LogP contribution is 2.13. The van der Waals surface area contributed by atoms with E-state index in [-0.39, 0.29) is 17.5 Å². The summed E-state index contributed by atoms with van der Waals surface area (Å²) in [6, 6.07) is 11.0. The summed E-state index contributed by atoms with van der Waals surface area (Å²) < 4.78 is 2.45. The molecule has 1 N–H and O–H groups in total. The Morgan fingerprint density at radius 2 is 2.10 bits per heavy atom. The maximum atomic E-state index is 12.1. The minimum atomic E-state index is -0.227. The first-order valence-corrected chi connectivity index (χ1v) is 7.47. The Balaban J connectivity index is 2.01. The molecule has 2 aromatic rings. The number of benzene rings is 1. The van der Waals surface area contributed by atoms with Gasteiger partial charge in [-0.1, -0.05) is 28.1 Å². The van der Waals surface area contributed by atoms with Gasteiger partial charge < -0.3 is 9.88 Å². The van der Waals surface area contributed by atoms with E-state index in [0.717, 1.165) is 16.5 Å². The molecule has 1 amide bonds. The van der Waals surface area contributed by atoms with Crippen molar-refractivity contribution in [3.05, 3.63) is 68.5 Å². The molecular formula is C16H17BrN2O2. The van der Waals surface area contributed by atoms with Crippen molar-refractivity contribution in [2.24, 2.45) is 7.05 Å². The van der Waals surface area contributed by atoms with E-state index in [1.165, 1.54) is 10.6 Å². The number of hydrogen-bond acceptors (Lipinski definition) is 2. The first kappa shape index (κ1) is 15.5. The Kier molecular flexibility index (Phi) is 4.96. The van der Waals surface area contributed by atoms with Crippen LogP contribution in [0.5, 0.6) is 0 Å². The zero-order valence-corrected chi connectivity index (χ0v) is 13.6. The second-order valence-corrected chi connectivity index (χ2v) is 5.99. The Morgan fingerprint density at radius 1 is 1.33 bits per heavy atom. The predicted molar refractivity (Wildman–Crippen MR) is 86.5 cm³/mol. The van der Waals surface area contributed by atoms with Crippen LogP contribution >= 0.6 is 15.9 Å². The molecule has 0 unspecified atom stereocenters. The van der Waals surface area contributed by atoms with Crippen LogP contribution < -0.4 is 10.9 Å². The topological polar surface area (TPSA) is 51.1 Å². The van der Waals surface area contributed by atoms with E-state index in [2.05, 4.69) is 21.2 Å². The molecule has 0 aliphatic rings. The lowest BCUT2D eigenvalue weighted by Crippen LogP contribution is -2.34. The molecule has 21 heavy (non-hydrogen) atoms. The maximum Gasteiger partial charge on any atom is 0.251 e. The molecule has 1 atom stereocenters. The summed E-state index contributed by atoms with van der Waals surface area (Å²) in [5.74, 6) is -0.227. The fourth-order valence-corrected chi connectivity index (χ4v) is 2.51. The highest BCUT2D eigenvalue weighted by molar-refractivity contribution is 9.10. The number of pyridine rings is 1. The van der Waals surface area contributed by atoms with Crippen LogP contribution in [0.4, 0.5) is 0 Å². The summed E-state index contributed by atoms with van der Waals surface area (Å²) >= 11 is 3.43. The summed E-state index contributed by atoms with van der Waals surface area (Å²) in [5, 5.41) is 2.91. The number of aryl methyl sites for hydroxylation is 1. The second kappa shape index (κ2) is 6.72. The Bertz CT molecular complexity index is 709. The summed E-state index contributed by atoms with van der Waals surface area (Å²) in [7, 11) is 1.65. The Labute approximate surface area is 131 Å². The molecule has 1 heterocycles. The van der Waals surface area contributed by atoms with E-state index in [0.29, 0.717) is 5.56 Å². The Morgan fingerprint density at radius 3 is 2.76 bits per heavy atom. The largest absolute Gasteiger partial charge is 0.349 e. The van der Waals surface area contributed by atoms with E-state index >= 15 is 0 Å². The molecule has 0 spiro atoms. The summed E-state index contributed by atoms with van der Waals surface area (Å²) in [6.07, 6.45) is 2.33. The second-order valence-electron chi connectivity index (χ2n) is 5.07. The predicted octanol–water partition coefficient (Wildman–Crippen LogP) is 2.51. The first-order chi connectivity index (χ1) is 9.95. The van der Waals surface area contributed by atoms with E-state index < -0.39 is 0 Å². The van der Waals surface area contributed by atoms with E-state index in [4.69, 9.17) is 0 Å². The average molecular weight is 349 g/mol. The molecule has 1 aromatic heterocycles. The van der Waals surface area contributed by atoms with Gasteiger partial charge in [0.1, 0.15) is 0 Å². The summed E-state index contributed by atoms with van der Waals surface area (Å²) in [4.78, 5) is 23.6. The van der Waals surface area contributed by atoms with Crippen molar-refractivity contribution in [2.75, 3.05) is 0 Å². The molecule has 110 valence electrons. The molecule has 0 saturated carbocycles. The zero-order chi connectivity index (χ0) is 15.4. The molecular weight excluding hydrogens is 332 g/mol. The van der Waals surface area contributed by atoms with E-state index in [1.807, 2.05) is 31.2 Å². The standard InChI is InChI=1S/C16H17BrN2O2/c1-11(8-12-4-3-5-14(17)9-12)18-16(21)13-6-7-19(2)15(20)10-13/h3-7,9-11H,8H2,1-2H3,(H,18,21)/t11-/m0/s1. The molecule has 2 rings (SSSR count). The monoisotopic (exact) mass is 348 g/mol. The number of halogens is 1. The van der Waals surface area contributed by atoms with Crippen molar-refractivity contribution in [2.45, 2.75) is 19.4 Å². The molecule has 5 heteroatoms. The number of nitrogens with one attached hydrogen (secondary N) is 1. The van der Waals surface area contributed by atoms with Gasteiger partial charge in [0, 0.05) is 35.4 Å². The van der Waals surface area contributed by atoms with Crippen LogP contribution in [0.3, 0.4) is 0 Å². The number of rotatable bonds is 4. The van der Waals surface area contributed by atoms with Crippen molar-refractivity contribution in [3.8, 4) is 0 Å². The van der Waals surface area contributed by atoms with Crippen molar-refractivity contribution < 1.29 is 4.79 Å². The third-order valence-electron chi connectivity index (χ3n) is 3.17. The number of aromatic nitrogens is 1. The van der Waals surface area contributed by atoms with Crippen molar-refractivity contribution in [1.29, 1.82) is 0 Å². The fourth-order valence-electron chi connectivity index (χ4n) is 2.07. The quantitative estimate of drug-likeness (QED) is 0.922. The molecule has 1 aromatic carbocycles. The number of nitrogens with zero attached hydrogens (tertiary/aromatic N) is 1. The molecule has 0 aliphatic carbocycles. The van der Waals surface area contributed by atoms with Gasteiger partial charge in [0.2, 0.25) is 0 Å². The van der Waals surface area contributed by atoms with Gasteiger partial charge in [-0.25, -0.2) is 0 Å². The summed E-state index contributed by atoms with van der Waals surface area (Å²) in [5.41, 5.74) is 1.34. The van der Waals surface area contributed by atoms with Gasteiger partial charge in [0.15, 0.2) is 0 Å². The van der Waals surface area contributed by atoms with Crippen LogP contribution in [0, 0.1) is 0 Å². The zero-order valence-electron chi connectivity index (χ0n) is 12.0. The van der Waals surface area contributed by atoms with Gasteiger partial charge in [-0.2, -0.15) is 0 Å². The summed E-state index contributed by atoms with van der Waals surface area (Å²) in [6.45, 7) is 1.94. The number of amides is 1. The van der Waals surface area contributed by atoms with Gasteiger partial charge in [-0.15, -0.1) is 0 Å². The maximum absolute atomic E-state index is 12.1. The first-order valence-electron chi connectivity index (χ1n) is 6.67.